The number of rotatable bonds is 83. The molecular weight excluding hydrogens is 1350 g/mol. The second kappa shape index (κ2) is 75.1. The molecule has 0 aromatic rings. The van der Waals surface area contributed by atoms with Gasteiger partial charge in [0.15, 0.2) is 12.2 Å². The van der Waals surface area contributed by atoms with Crippen molar-refractivity contribution in [3.63, 3.8) is 0 Å². The number of carbonyl (C=O) groups is 4. The monoisotopic (exact) mass is 1520 g/mol. The lowest BCUT2D eigenvalue weighted by atomic mass is 9.99. The number of carbonyl (C=O) groups excluding carboxylic acids is 4. The van der Waals surface area contributed by atoms with Crippen molar-refractivity contribution in [3.05, 3.63) is 0 Å². The number of aliphatic hydroxyl groups excluding tert-OH is 1. The molecule has 0 aliphatic carbocycles. The lowest BCUT2D eigenvalue weighted by molar-refractivity contribution is -0.161. The molecule has 3 unspecified atom stereocenters. The smallest absolute Gasteiger partial charge is 0.462 e. The Morgan fingerprint density at radius 1 is 0.279 bits per heavy atom. The van der Waals surface area contributed by atoms with Crippen LogP contribution in [0.3, 0.4) is 0 Å². The van der Waals surface area contributed by atoms with Gasteiger partial charge >= 0.3 is 39.5 Å². The van der Waals surface area contributed by atoms with Gasteiger partial charge in [-0.15, -0.1) is 0 Å². The van der Waals surface area contributed by atoms with Crippen LogP contribution in [0.1, 0.15) is 447 Å². The average Bonchev–Trinajstić information content (AvgIpc) is 0.905. The molecule has 3 N–H and O–H groups in total. The normalized spacial score (nSPS) is 14.2. The molecule has 104 heavy (non-hydrogen) atoms. The van der Waals surface area contributed by atoms with Crippen molar-refractivity contribution >= 4 is 39.5 Å². The van der Waals surface area contributed by atoms with E-state index < -0.39 is 97.5 Å². The topological polar surface area (TPSA) is 237 Å². The highest BCUT2D eigenvalue weighted by Crippen LogP contribution is 2.45. The first kappa shape index (κ1) is 102. The van der Waals surface area contributed by atoms with Crippen LogP contribution >= 0.6 is 15.6 Å². The van der Waals surface area contributed by atoms with Gasteiger partial charge in [0.25, 0.3) is 0 Å². The molecule has 0 aromatic heterocycles. The second-order valence-corrected chi connectivity index (χ2v) is 34.7. The first-order chi connectivity index (χ1) is 50.3. The highest BCUT2D eigenvalue weighted by Gasteiger charge is 2.30. The van der Waals surface area contributed by atoms with Crippen LogP contribution < -0.4 is 0 Å². The summed E-state index contributed by atoms with van der Waals surface area (Å²) in [6.45, 7) is 12.0. The van der Waals surface area contributed by atoms with Gasteiger partial charge in [0.2, 0.25) is 0 Å². The second-order valence-electron chi connectivity index (χ2n) is 31.8. The third-order valence-electron chi connectivity index (χ3n) is 20.2. The molecule has 0 radical (unpaired) electrons. The van der Waals surface area contributed by atoms with Crippen LogP contribution in [-0.2, 0) is 65.4 Å². The molecule has 0 amide bonds. The number of phosphoric acid groups is 2. The molecule has 6 atom stereocenters. The summed E-state index contributed by atoms with van der Waals surface area (Å²) in [5, 5.41) is 10.7. The molecule has 0 aromatic carbocycles. The zero-order chi connectivity index (χ0) is 76.5. The van der Waals surface area contributed by atoms with Gasteiger partial charge in [-0.1, -0.05) is 395 Å². The third kappa shape index (κ3) is 76.8. The minimum atomic E-state index is -4.97. The molecule has 0 saturated heterocycles. The minimum absolute atomic E-state index is 0.106. The standard InChI is InChI=1S/C85H166O17P2/c1-8-10-11-12-13-14-15-16-17-18-19-20-21-22-23-24-29-32-38-47-54-61-68-84(89)101-80(72-95-82(87)66-59-52-45-37-31-28-26-25-27-30-35-42-49-56-63-76(3)4)74-99-103(91,92)97-70-79(86)71-98-104(93,94)100-75-81(73-96-83(88)67-60-53-46-41-40-43-50-57-64-77(5)6)102-85(90)69-62-55-48-39-34-33-36-44-51-58-65-78(7)9-2/h76-81,86H,8-75H2,1-7H3,(H,91,92)(H,93,94)/t78?,79-,80-,81-/m1/s1. The van der Waals surface area contributed by atoms with E-state index in [2.05, 4.69) is 48.5 Å². The molecule has 0 saturated carbocycles. The van der Waals surface area contributed by atoms with Crippen molar-refractivity contribution in [2.75, 3.05) is 39.6 Å². The van der Waals surface area contributed by atoms with Crippen molar-refractivity contribution in [2.45, 2.75) is 465 Å². The number of hydrogen-bond acceptors (Lipinski definition) is 15. The highest BCUT2D eigenvalue weighted by atomic mass is 31.2. The van der Waals surface area contributed by atoms with Gasteiger partial charge < -0.3 is 33.8 Å². The minimum Gasteiger partial charge on any atom is -0.462 e. The Hall–Kier alpha value is -1.94. The van der Waals surface area contributed by atoms with Gasteiger partial charge in [-0.05, 0) is 43.4 Å². The molecule has 0 rings (SSSR count). The quantitative estimate of drug-likeness (QED) is 0.0222. The average molecular weight is 1520 g/mol. The van der Waals surface area contributed by atoms with Gasteiger partial charge in [0.1, 0.15) is 19.3 Å². The third-order valence-corrected chi connectivity index (χ3v) is 22.1. The van der Waals surface area contributed by atoms with Crippen LogP contribution in [0.2, 0.25) is 0 Å². The largest absolute Gasteiger partial charge is 0.472 e. The van der Waals surface area contributed by atoms with Gasteiger partial charge in [-0.3, -0.25) is 37.3 Å². The number of aliphatic hydroxyl groups is 1. The SMILES string of the molecule is CCCCCCCCCCCCCCCCCCCCCCCCC(=O)O[C@H](COC(=O)CCCCCCCCCCCCCCCCC(C)C)COP(=O)(O)OC[C@@H](O)COP(=O)(O)OC[C@@H](COC(=O)CCCCCCCCCCC(C)C)OC(=O)CCCCCCCCCCCCC(C)CC. The van der Waals surface area contributed by atoms with E-state index in [1.54, 1.807) is 0 Å². The number of unbranched alkanes of at least 4 members (excludes halogenated alkanes) is 50. The van der Waals surface area contributed by atoms with E-state index in [9.17, 15) is 43.2 Å². The maximum atomic E-state index is 13.1. The number of hydrogen-bond donors (Lipinski definition) is 3. The number of ether oxygens (including phenoxy) is 4. The summed E-state index contributed by atoms with van der Waals surface area (Å²) in [4.78, 5) is 73.2. The van der Waals surface area contributed by atoms with Crippen LogP contribution in [-0.4, -0.2) is 96.7 Å². The van der Waals surface area contributed by atoms with Gasteiger partial charge in [-0.25, -0.2) is 9.13 Å². The lowest BCUT2D eigenvalue weighted by Gasteiger charge is -2.21. The molecule has 0 spiro atoms. The van der Waals surface area contributed by atoms with Gasteiger partial charge in [0.05, 0.1) is 26.4 Å². The van der Waals surface area contributed by atoms with Crippen molar-refractivity contribution in [1.29, 1.82) is 0 Å². The molecule has 0 bridgehead atoms. The van der Waals surface area contributed by atoms with E-state index >= 15 is 0 Å². The van der Waals surface area contributed by atoms with E-state index in [0.29, 0.717) is 25.7 Å². The molecule has 17 nitrogen and oxygen atoms in total. The summed E-state index contributed by atoms with van der Waals surface area (Å²) in [5.41, 5.74) is 0. The first-order valence-corrected chi connectivity index (χ1v) is 46.9. The highest BCUT2D eigenvalue weighted by molar-refractivity contribution is 7.47. The van der Waals surface area contributed by atoms with Crippen LogP contribution in [0, 0.1) is 17.8 Å². The summed E-state index contributed by atoms with van der Waals surface area (Å²) >= 11 is 0. The molecule has 19 heteroatoms. The Kier molecular flexibility index (Phi) is 73.7. The number of phosphoric ester groups is 2. The van der Waals surface area contributed by atoms with Gasteiger partial charge in [0, 0.05) is 25.7 Å². The molecular formula is C85H166O17P2. The van der Waals surface area contributed by atoms with Crippen molar-refractivity contribution < 1.29 is 80.2 Å². The molecule has 0 fully saturated rings. The Morgan fingerprint density at radius 2 is 0.490 bits per heavy atom. The Labute approximate surface area is 638 Å². The molecule has 0 aliphatic rings. The zero-order valence-electron chi connectivity index (χ0n) is 68.5. The van der Waals surface area contributed by atoms with Crippen LogP contribution in [0.25, 0.3) is 0 Å². The van der Waals surface area contributed by atoms with E-state index in [1.165, 1.54) is 257 Å². The summed E-state index contributed by atoms with van der Waals surface area (Å²) in [6, 6.07) is 0. The van der Waals surface area contributed by atoms with Crippen molar-refractivity contribution in [1.82, 2.24) is 0 Å². The predicted octanol–water partition coefficient (Wildman–Crippen LogP) is 25.7. The fourth-order valence-corrected chi connectivity index (χ4v) is 14.7. The van der Waals surface area contributed by atoms with E-state index in [1.807, 2.05) is 0 Å². The molecule has 0 aliphatic heterocycles. The van der Waals surface area contributed by atoms with Crippen LogP contribution in [0.15, 0.2) is 0 Å². The summed E-state index contributed by atoms with van der Waals surface area (Å²) in [6.07, 6.45) is 65.3. The fraction of sp³-hybridized carbons (Fsp3) is 0.953. The maximum Gasteiger partial charge on any atom is 0.472 e. The summed E-state index contributed by atoms with van der Waals surface area (Å²) in [5.74, 6) is 0.220. The molecule has 618 valence electrons. The Balaban J connectivity index is 5.23. The van der Waals surface area contributed by atoms with Crippen molar-refractivity contribution in [2.24, 2.45) is 17.8 Å². The lowest BCUT2D eigenvalue weighted by Crippen LogP contribution is -2.30. The summed E-state index contributed by atoms with van der Waals surface area (Å²) in [7, 11) is -9.93. The van der Waals surface area contributed by atoms with E-state index in [0.717, 1.165) is 108 Å². The van der Waals surface area contributed by atoms with Crippen LogP contribution in [0.5, 0.6) is 0 Å². The number of esters is 4. The summed E-state index contributed by atoms with van der Waals surface area (Å²) < 4.78 is 68.9. The van der Waals surface area contributed by atoms with E-state index in [4.69, 9.17) is 37.0 Å². The Bertz CT molecular complexity index is 2010. The van der Waals surface area contributed by atoms with E-state index in [-0.39, 0.29) is 25.7 Å². The maximum absolute atomic E-state index is 13.1. The van der Waals surface area contributed by atoms with Crippen LogP contribution in [0.4, 0.5) is 0 Å². The predicted molar refractivity (Wildman–Crippen MR) is 428 cm³/mol. The first-order valence-electron chi connectivity index (χ1n) is 43.9. The Morgan fingerprint density at radius 3 is 0.731 bits per heavy atom. The molecule has 0 heterocycles. The van der Waals surface area contributed by atoms with Crippen molar-refractivity contribution in [3.8, 4) is 0 Å². The fourth-order valence-electron chi connectivity index (χ4n) is 13.2. The zero-order valence-corrected chi connectivity index (χ0v) is 70.3. The van der Waals surface area contributed by atoms with Gasteiger partial charge in [-0.2, -0.15) is 0 Å².